The number of hydrogen-bond acceptors (Lipinski definition) is 2. The van der Waals surface area contributed by atoms with Crippen LogP contribution >= 0.6 is 0 Å². The minimum absolute atomic E-state index is 0.000162. The summed E-state index contributed by atoms with van der Waals surface area (Å²) in [6.45, 7) is 1.73. The van der Waals surface area contributed by atoms with E-state index < -0.39 is 23.3 Å². The molecule has 0 spiro atoms. The molecule has 0 fully saturated rings. The molecule has 104 valence electrons. The molecule has 0 aliphatic heterocycles. The molecule has 6 heteroatoms. The molecular weight excluding hydrogens is 271 g/mol. The lowest BCUT2D eigenvalue weighted by molar-refractivity contribution is -0.138. The van der Waals surface area contributed by atoms with Gasteiger partial charge in [0.15, 0.2) is 0 Å². The lowest BCUT2D eigenvalue weighted by Crippen LogP contribution is -2.14. The van der Waals surface area contributed by atoms with Crippen LogP contribution in [0.4, 0.5) is 13.2 Å². The maximum atomic E-state index is 12.9. The Morgan fingerprint density at radius 2 is 1.90 bits per heavy atom. The third kappa shape index (κ3) is 2.64. The topological polar surface area (TPSA) is 50.2 Å². The van der Waals surface area contributed by atoms with E-state index in [2.05, 4.69) is 4.98 Å². The van der Waals surface area contributed by atoms with Crippen LogP contribution in [0.2, 0.25) is 0 Å². The predicted octanol–water partition coefficient (Wildman–Crippen LogP) is 3.77. The molecular formula is C14H10F3NO2. The van der Waals surface area contributed by atoms with Gasteiger partial charge in [-0.2, -0.15) is 13.2 Å². The second-order valence-corrected chi connectivity index (χ2v) is 4.22. The maximum Gasteiger partial charge on any atom is 0.417 e. The number of carboxylic acids is 1. The van der Waals surface area contributed by atoms with Gasteiger partial charge in [-0.05, 0) is 24.6 Å². The van der Waals surface area contributed by atoms with Crippen LogP contribution in [0.5, 0.6) is 0 Å². The minimum Gasteiger partial charge on any atom is -0.478 e. The summed E-state index contributed by atoms with van der Waals surface area (Å²) < 4.78 is 38.7. The molecule has 0 aliphatic carbocycles. The highest BCUT2D eigenvalue weighted by molar-refractivity contribution is 5.97. The Balaban J connectivity index is 2.71. The number of alkyl halides is 3. The fourth-order valence-corrected chi connectivity index (χ4v) is 1.89. The van der Waals surface area contributed by atoms with E-state index in [1.165, 1.54) is 18.3 Å². The smallest absolute Gasteiger partial charge is 0.417 e. The molecule has 0 radical (unpaired) electrons. The number of carboxylic acid groups (broad SMARTS) is 1. The normalized spacial score (nSPS) is 11.4. The summed E-state index contributed by atoms with van der Waals surface area (Å²) in [4.78, 5) is 15.2. The number of pyridine rings is 1. The number of hydrogen-bond donors (Lipinski definition) is 1. The van der Waals surface area contributed by atoms with Crippen LogP contribution in [0.15, 0.2) is 36.5 Å². The van der Waals surface area contributed by atoms with Gasteiger partial charge >= 0.3 is 12.1 Å². The number of nitrogens with zero attached hydrogens (tertiary/aromatic N) is 1. The molecule has 0 saturated heterocycles. The van der Waals surface area contributed by atoms with Crippen molar-refractivity contribution in [2.45, 2.75) is 13.1 Å². The van der Waals surface area contributed by atoms with Crippen molar-refractivity contribution in [3.63, 3.8) is 0 Å². The molecule has 1 aromatic heterocycles. The molecule has 0 unspecified atom stereocenters. The Kier molecular flexibility index (Phi) is 3.48. The van der Waals surface area contributed by atoms with Crippen molar-refractivity contribution in [2.75, 3.05) is 0 Å². The van der Waals surface area contributed by atoms with E-state index in [1.54, 1.807) is 19.1 Å². The van der Waals surface area contributed by atoms with E-state index in [1.807, 2.05) is 0 Å². The van der Waals surface area contributed by atoms with Crippen LogP contribution in [-0.2, 0) is 6.18 Å². The summed E-state index contributed by atoms with van der Waals surface area (Å²) in [5, 5.41) is 9.11. The summed E-state index contributed by atoms with van der Waals surface area (Å²) in [6, 6.07) is 6.44. The van der Waals surface area contributed by atoms with Crippen molar-refractivity contribution in [1.82, 2.24) is 4.98 Å². The molecule has 0 amide bonds. The fraction of sp³-hybridized carbons (Fsp3) is 0.143. The second kappa shape index (κ2) is 4.96. The average Bonchev–Trinajstić information content (AvgIpc) is 2.37. The predicted molar refractivity (Wildman–Crippen MR) is 66.4 cm³/mol. The molecule has 2 rings (SSSR count). The Hall–Kier alpha value is -2.37. The molecule has 1 aromatic carbocycles. The zero-order valence-electron chi connectivity index (χ0n) is 10.4. The Bertz CT molecular complexity index is 648. The number of aromatic carboxylic acids is 1. The zero-order chi connectivity index (χ0) is 14.9. The van der Waals surface area contributed by atoms with Gasteiger partial charge in [-0.15, -0.1) is 0 Å². The number of rotatable bonds is 2. The fourth-order valence-electron chi connectivity index (χ4n) is 1.89. The average molecular weight is 281 g/mol. The summed E-state index contributed by atoms with van der Waals surface area (Å²) in [6.07, 6.45) is -3.36. The van der Waals surface area contributed by atoms with Crippen molar-refractivity contribution in [1.29, 1.82) is 0 Å². The van der Waals surface area contributed by atoms with E-state index >= 15 is 0 Å². The molecule has 0 bridgehead atoms. The number of halogens is 3. The number of aryl methyl sites for hydroxylation is 1. The van der Waals surface area contributed by atoms with Crippen molar-refractivity contribution in [3.05, 3.63) is 53.3 Å². The Labute approximate surface area is 112 Å². The molecule has 0 atom stereocenters. The molecule has 0 aliphatic rings. The quantitative estimate of drug-likeness (QED) is 0.911. The van der Waals surface area contributed by atoms with Crippen molar-refractivity contribution < 1.29 is 23.1 Å². The lowest BCUT2D eigenvalue weighted by atomic mass is 9.96. The third-order valence-corrected chi connectivity index (χ3v) is 2.81. The largest absolute Gasteiger partial charge is 0.478 e. The van der Waals surface area contributed by atoms with Gasteiger partial charge in [0.1, 0.15) is 0 Å². The first kappa shape index (κ1) is 14.0. The van der Waals surface area contributed by atoms with Crippen LogP contribution in [0.25, 0.3) is 11.1 Å². The Morgan fingerprint density at radius 1 is 1.20 bits per heavy atom. The highest BCUT2D eigenvalue weighted by Crippen LogP contribution is 2.36. The van der Waals surface area contributed by atoms with Gasteiger partial charge in [0.05, 0.1) is 11.1 Å². The van der Waals surface area contributed by atoms with Crippen LogP contribution in [-0.4, -0.2) is 16.1 Å². The van der Waals surface area contributed by atoms with E-state index in [0.29, 0.717) is 11.3 Å². The summed E-state index contributed by atoms with van der Waals surface area (Å²) in [5.41, 5.74) is -0.898. The number of benzene rings is 1. The van der Waals surface area contributed by atoms with Gasteiger partial charge in [-0.25, -0.2) is 4.79 Å². The molecule has 1 N–H and O–H groups in total. The van der Waals surface area contributed by atoms with Crippen molar-refractivity contribution >= 4 is 5.97 Å². The summed E-state index contributed by atoms with van der Waals surface area (Å²) >= 11 is 0. The maximum absolute atomic E-state index is 12.9. The van der Waals surface area contributed by atoms with Crippen LogP contribution in [0.3, 0.4) is 0 Å². The highest BCUT2D eigenvalue weighted by Gasteiger charge is 2.36. The monoisotopic (exact) mass is 281 g/mol. The van der Waals surface area contributed by atoms with E-state index in [0.717, 1.165) is 6.07 Å². The van der Waals surface area contributed by atoms with Crippen LogP contribution < -0.4 is 0 Å². The molecule has 20 heavy (non-hydrogen) atoms. The first-order chi connectivity index (χ1) is 9.30. The second-order valence-electron chi connectivity index (χ2n) is 4.22. The van der Waals surface area contributed by atoms with Crippen molar-refractivity contribution in [2.24, 2.45) is 0 Å². The van der Waals surface area contributed by atoms with E-state index in [4.69, 9.17) is 5.11 Å². The summed E-state index contributed by atoms with van der Waals surface area (Å²) in [5.74, 6) is -1.62. The standard InChI is InChI=1S/C14H10F3NO2/c1-8-5-6-9(7-18-8)10-3-2-4-11(14(15,16)17)12(10)13(19)20/h2-7H,1H3,(H,19,20). The Morgan fingerprint density at radius 3 is 2.40 bits per heavy atom. The van der Waals surface area contributed by atoms with Gasteiger partial charge in [0.25, 0.3) is 0 Å². The number of carbonyl (C=O) groups is 1. The van der Waals surface area contributed by atoms with Gasteiger partial charge in [-0.3, -0.25) is 4.98 Å². The van der Waals surface area contributed by atoms with Gasteiger partial charge in [0.2, 0.25) is 0 Å². The highest BCUT2D eigenvalue weighted by atomic mass is 19.4. The van der Waals surface area contributed by atoms with Crippen LogP contribution in [0.1, 0.15) is 21.6 Å². The first-order valence-corrected chi connectivity index (χ1v) is 5.67. The molecule has 1 heterocycles. The molecule has 0 saturated carbocycles. The van der Waals surface area contributed by atoms with E-state index in [9.17, 15) is 18.0 Å². The third-order valence-electron chi connectivity index (χ3n) is 2.81. The minimum atomic E-state index is -4.72. The van der Waals surface area contributed by atoms with Gasteiger partial charge in [-0.1, -0.05) is 18.2 Å². The van der Waals surface area contributed by atoms with Crippen molar-refractivity contribution in [3.8, 4) is 11.1 Å². The summed E-state index contributed by atoms with van der Waals surface area (Å²) in [7, 11) is 0. The molecule has 3 nitrogen and oxygen atoms in total. The SMILES string of the molecule is Cc1ccc(-c2cccc(C(F)(F)F)c2C(=O)O)cn1. The first-order valence-electron chi connectivity index (χ1n) is 5.67. The van der Waals surface area contributed by atoms with Gasteiger partial charge in [0, 0.05) is 17.5 Å². The molecule has 2 aromatic rings. The lowest BCUT2D eigenvalue weighted by Gasteiger charge is -2.14. The van der Waals surface area contributed by atoms with Crippen LogP contribution in [0, 0.1) is 6.92 Å². The van der Waals surface area contributed by atoms with E-state index in [-0.39, 0.29) is 5.56 Å². The number of aromatic nitrogens is 1. The zero-order valence-corrected chi connectivity index (χ0v) is 10.4. The van der Waals surface area contributed by atoms with Gasteiger partial charge < -0.3 is 5.11 Å².